The Balaban J connectivity index is 2.41. The first-order valence-corrected chi connectivity index (χ1v) is 5.61. The van der Waals surface area contributed by atoms with Gasteiger partial charge in [-0.3, -0.25) is 9.59 Å². The zero-order chi connectivity index (χ0) is 12.3. The van der Waals surface area contributed by atoms with Crippen LogP contribution in [-0.4, -0.2) is 34.7 Å². The number of carboxylic acids is 1. The van der Waals surface area contributed by atoms with Crippen LogP contribution in [0.25, 0.3) is 0 Å². The summed E-state index contributed by atoms with van der Waals surface area (Å²) in [4.78, 5) is 22.3. The SMILES string of the molecule is CC(C)C(CCO)NC(=O)C1CC1C(=O)O. The number of aliphatic carboxylic acids is 1. The van der Waals surface area contributed by atoms with Crippen molar-refractivity contribution in [3.05, 3.63) is 0 Å². The largest absolute Gasteiger partial charge is 0.481 e. The van der Waals surface area contributed by atoms with Crippen LogP contribution in [0.5, 0.6) is 0 Å². The van der Waals surface area contributed by atoms with Crippen molar-refractivity contribution < 1.29 is 19.8 Å². The van der Waals surface area contributed by atoms with Gasteiger partial charge in [0, 0.05) is 12.6 Å². The molecule has 0 bridgehead atoms. The fraction of sp³-hybridized carbons (Fsp3) is 0.818. The number of hydrogen-bond acceptors (Lipinski definition) is 3. The lowest BCUT2D eigenvalue weighted by molar-refractivity contribution is -0.140. The molecule has 0 aromatic heterocycles. The molecule has 3 atom stereocenters. The quantitative estimate of drug-likeness (QED) is 0.608. The second kappa shape index (κ2) is 5.30. The van der Waals surface area contributed by atoms with Gasteiger partial charge in [-0.25, -0.2) is 0 Å². The summed E-state index contributed by atoms with van der Waals surface area (Å²) >= 11 is 0. The molecular formula is C11H19NO4. The molecule has 0 aromatic rings. The molecular weight excluding hydrogens is 210 g/mol. The van der Waals surface area contributed by atoms with Crippen molar-refractivity contribution in [3.63, 3.8) is 0 Å². The van der Waals surface area contributed by atoms with Crippen LogP contribution in [0.2, 0.25) is 0 Å². The number of nitrogens with one attached hydrogen (secondary N) is 1. The fourth-order valence-corrected chi connectivity index (χ4v) is 1.76. The van der Waals surface area contributed by atoms with Crippen LogP contribution in [0.4, 0.5) is 0 Å². The van der Waals surface area contributed by atoms with Gasteiger partial charge in [0.2, 0.25) is 5.91 Å². The van der Waals surface area contributed by atoms with Gasteiger partial charge in [-0.05, 0) is 18.8 Å². The van der Waals surface area contributed by atoms with Crippen molar-refractivity contribution in [2.24, 2.45) is 17.8 Å². The smallest absolute Gasteiger partial charge is 0.307 e. The van der Waals surface area contributed by atoms with Gasteiger partial charge in [0.05, 0.1) is 11.8 Å². The first kappa shape index (κ1) is 13.0. The molecule has 16 heavy (non-hydrogen) atoms. The Hall–Kier alpha value is -1.10. The predicted molar refractivity (Wildman–Crippen MR) is 57.7 cm³/mol. The van der Waals surface area contributed by atoms with Gasteiger partial charge in [0.25, 0.3) is 0 Å². The van der Waals surface area contributed by atoms with Crippen LogP contribution >= 0.6 is 0 Å². The standard InChI is InChI=1S/C11H19NO4/c1-6(2)9(3-4-13)12-10(14)7-5-8(7)11(15)16/h6-9,13H,3-5H2,1-2H3,(H,12,14)(H,15,16). The van der Waals surface area contributed by atoms with Crippen molar-refractivity contribution in [2.45, 2.75) is 32.7 Å². The maximum absolute atomic E-state index is 11.7. The molecule has 0 saturated heterocycles. The Labute approximate surface area is 94.8 Å². The van der Waals surface area contributed by atoms with Crippen molar-refractivity contribution in [2.75, 3.05) is 6.61 Å². The van der Waals surface area contributed by atoms with E-state index in [1.165, 1.54) is 0 Å². The van der Waals surface area contributed by atoms with E-state index in [0.717, 1.165) is 0 Å². The number of hydrogen-bond donors (Lipinski definition) is 3. The Morgan fingerprint density at radius 3 is 2.38 bits per heavy atom. The zero-order valence-corrected chi connectivity index (χ0v) is 9.64. The summed E-state index contributed by atoms with van der Waals surface area (Å²) in [5, 5.41) is 20.3. The first-order chi connectivity index (χ1) is 7.47. The summed E-state index contributed by atoms with van der Waals surface area (Å²) in [5.74, 6) is -1.75. The molecule has 0 heterocycles. The van der Waals surface area contributed by atoms with E-state index in [2.05, 4.69) is 5.32 Å². The van der Waals surface area contributed by atoms with Crippen molar-refractivity contribution in [3.8, 4) is 0 Å². The molecule has 5 heteroatoms. The Morgan fingerprint density at radius 1 is 1.38 bits per heavy atom. The molecule has 1 amide bonds. The number of aliphatic hydroxyl groups is 1. The summed E-state index contributed by atoms with van der Waals surface area (Å²) in [7, 11) is 0. The Morgan fingerprint density at radius 2 is 2.00 bits per heavy atom. The molecule has 1 fully saturated rings. The highest BCUT2D eigenvalue weighted by Gasteiger charge is 2.48. The topological polar surface area (TPSA) is 86.6 Å². The van der Waals surface area contributed by atoms with Crippen LogP contribution in [0, 0.1) is 17.8 Å². The van der Waals surface area contributed by atoms with Gasteiger partial charge >= 0.3 is 5.97 Å². The summed E-state index contributed by atoms with van der Waals surface area (Å²) in [6.45, 7) is 3.94. The molecule has 0 aromatic carbocycles. The van der Waals surface area contributed by atoms with Crippen LogP contribution < -0.4 is 5.32 Å². The molecule has 1 aliphatic carbocycles. The number of amides is 1. The van der Waals surface area contributed by atoms with Gasteiger partial charge in [0.15, 0.2) is 0 Å². The highest BCUT2D eigenvalue weighted by molar-refractivity contribution is 5.89. The van der Waals surface area contributed by atoms with Crippen LogP contribution in [0.1, 0.15) is 26.7 Å². The maximum Gasteiger partial charge on any atom is 0.307 e. The van der Waals surface area contributed by atoms with Crippen molar-refractivity contribution >= 4 is 11.9 Å². The first-order valence-electron chi connectivity index (χ1n) is 5.61. The lowest BCUT2D eigenvalue weighted by Crippen LogP contribution is -2.40. The van der Waals surface area contributed by atoms with Gasteiger partial charge < -0.3 is 15.5 Å². The monoisotopic (exact) mass is 229 g/mol. The van der Waals surface area contributed by atoms with Crippen LogP contribution in [0.15, 0.2) is 0 Å². The van der Waals surface area contributed by atoms with Crippen LogP contribution in [0.3, 0.4) is 0 Å². The van der Waals surface area contributed by atoms with E-state index in [-0.39, 0.29) is 30.4 Å². The van der Waals surface area contributed by atoms with Crippen molar-refractivity contribution in [1.29, 1.82) is 0 Å². The average Bonchev–Trinajstić information content (AvgIpc) is 2.96. The van der Waals surface area contributed by atoms with E-state index in [0.29, 0.717) is 12.8 Å². The molecule has 3 unspecified atom stereocenters. The predicted octanol–water partition coefficient (Wildman–Crippen LogP) is 0.230. The van der Waals surface area contributed by atoms with E-state index in [1.54, 1.807) is 0 Å². The van der Waals surface area contributed by atoms with Gasteiger partial charge in [-0.15, -0.1) is 0 Å². The molecule has 0 radical (unpaired) electrons. The highest BCUT2D eigenvalue weighted by atomic mass is 16.4. The minimum absolute atomic E-state index is 0.0240. The molecule has 0 aliphatic heterocycles. The van der Waals surface area contributed by atoms with Gasteiger partial charge in [-0.2, -0.15) is 0 Å². The molecule has 92 valence electrons. The number of rotatable bonds is 6. The second-order valence-electron chi connectivity index (χ2n) is 4.66. The molecule has 1 rings (SSSR count). The molecule has 3 N–H and O–H groups in total. The number of carbonyl (C=O) groups excluding carboxylic acids is 1. The molecule has 1 aliphatic rings. The average molecular weight is 229 g/mol. The normalized spacial score (nSPS) is 25.2. The second-order valence-corrected chi connectivity index (χ2v) is 4.66. The van der Waals surface area contributed by atoms with E-state index < -0.39 is 11.9 Å². The van der Waals surface area contributed by atoms with E-state index in [9.17, 15) is 9.59 Å². The van der Waals surface area contributed by atoms with E-state index in [4.69, 9.17) is 10.2 Å². The van der Waals surface area contributed by atoms with Crippen molar-refractivity contribution in [1.82, 2.24) is 5.32 Å². The minimum atomic E-state index is -0.900. The summed E-state index contributed by atoms with van der Waals surface area (Å²) in [6, 6.07) is -0.0763. The molecule has 0 spiro atoms. The van der Waals surface area contributed by atoms with E-state index >= 15 is 0 Å². The third-order valence-corrected chi connectivity index (χ3v) is 3.02. The number of carbonyl (C=O) groups is 2. The Bertz CT molecular complexity index is 277. The lowest BCUT2D eigenvalue weighted by atomic mass is 10.0. The summed E-state index contributed by atoms with van der Waals surface area (Å²) < 4.78 is 0. The fourth-order valence-electron chi connectivity index (χ4n) is 1.76. The van der Waals surface area contributed by atoms with Gasteiger partial charge in [-0.1, -0.05) is 13.8 Å². The zero-order valence-electron chi connectivity index (χ0n) is 9.64. The number of carboxylic acid groups (broad SMARTS) is 1. The highest BCUT2D eigenvalue weighted by Crippen LogP contribution is 2.38. The Kier molecular flexibility index (Phi) is 4.29. The maximum atomic E-state index is 11.7. The number of aliphatic hydroxyl groups excluding tert-OH is 1. The molecule has 5 nitrogen and oxygen atoms in total. The van der Waals surface area contributed by atoms with Gasteiger partial charge in [0.1, 0.15) is 0 Å². The minimum Gasteiger partial charge on any atom is -0.481 e. The lowest BCUT2D eigenvalue weighted by Gasteiger charge is -2.21. The molecule has 1 saturated carbocycles. The van der Waals surface area contributed by atoms with Crippen LogP contribution in [-0.2, 0) is 9.59 Å². The van der Waals surface area contributed by atoms with E-state index in [1.807, 2.05) is 13.8 Å². The summed E-state index contributed by atoms with van der Waals surface area (Å²) in [6.07, 6.45) is 0.943. The third kappa shape index (κ3) is 3.20. The summed E-state index contributed by atoms with van der Waals surface area (Å²) in [5.41, 5.74) is 0. The third-order valence-electron chi connectivity index (χ3n) is 3.02.